The maximum atomic E-state index is 14.1. The smallest absolute Gasteiger partial charge is 0.281 e. The highest BCUT2D eigenvalue weighted by molar-refractivity contribution is 7.91. The normalized spacial score (nSPS) is 28.7. The number of ether oxygens (including phenoxy) is 3. The molecular formula is C34H46N5O8S+. The van der Waals surface area contributed by atoms with Crippen LogP contribution in [-0.2, 0) is 24.4 Å². The van der Waals surface area contributed by atoms with E-state index in [-0.39, 0.29) is 31.2 Å². The zero-order chi connectivity index (χ0) is 34.2. The molecule has 2 aliphatic heterocycles. The molecule has 14 heteroatoms. The van der Waals surface area contributed by atoms with Gasteiger partial charge in [0.2, 0.25) is 21.8 Å². The van der Waals surface area contributed by atoms with Crippen LogP contribution in [-0.4, -0.2) is 85.3 Å². The van der Waals surface area contributed by atoms with Crippen LogP contribution < -0.4 is 30.0 Å². The summed E-state index contributed by atoms with van der Waals surface area (Å²) in [7, 11) is -2.24. The number of nitrogens with one attached hydrogen (secondary N) is 2. The molecule has 260 valence electrons. The van der Waals surface area contributed by atoms with Crippen molar-refractivity contribution in [1.29, 1.82) is 0 Å². The summed E-state index contributed by atoms with van der Waals surface area (Å²) in [5.41, 5.74) is 4.19. The number of methoxy groups -OCH3 is 1. The number of quaternary nitrogens is 1. The maximum Gasteiger partial charge on any atom is 0.281 e. The minimum atomic E-state index is -3.83. The molecule has 0 unspecified atom stereocenters. The van der Waals surface area contributed by atoms with Crippen LogP contribution in [0.25, 0.3) is 10.9 Å². The highest BCUT2D eigenvalue weighted by Gasteiger charge is 2.62. The van der Waals surface area contributed by atoms with Crippen LogP contribution in [0.3, 0.4) is 0 Å². The minimum absolute atomic E-state index is 0.129. The lowest BCUT2D eigenvalue weighted by atomic mass is 10.1. The number of rotatable bonds is 8. The van der Waals surface area contributed by atoms with Crippen molar-refractivity contribution in [3.63, 3.8) is 0 Å². The van der Waals surface area contributed by atoms with Gasteiger partial charge in [0.25, 0.3) is 11.8 Å². The SMILES string of the molecule is CCOc1cc(O[C@@H]2C[C@H]3C(=O)N[C@]4(C(=O)NS(=O)(=O)C5CC5)C[C@H]4/C=C\CCCCC[C@H]([NH3+])C(=O)N3C2)c2ccc(OC)c(C)c2n1. The van der Waals surface area contributed by atoms with Crippen LogP contribution in [0, 0.1) is 12.8 Å². The van der Waals surface area contributed by atoms with Crippen LogP contribution in [0.5, 0.6) is 17.4 Å². The van der Waals surface area contributed by atoms with Crippen LogP contribution in [0.15, 0.2) is 30.4 Å². The first kappa shape index (κ1) is 34.0. The van der Waals surface area contributed by atoms with Gasteiger partial charge in [-0.2, -0.15) is 0 Å². The summed E-state index contributed by atoms with van der Waals surface area (Å²) < 4.78 is 45.5. The van der Waals surface area contributed by atoms with Gasteiger partial charge < -0.3 is 30.2 Å². The minimum Gasteiger partial charge on any atom is -0.496 e. The summed E-state index contributed by atoms with van der Waals surface area (Å²) in [5, 5.41) is 3.05. The molecule has 3 heterocycles. The fourth-order valence-electron chi connectivity index (χ4n) is 6.87. The average Bonchev–Trinajstić information content (AvgIpc) is 3.98. The molecule has 0 radical (unpaired) electrons. The van der Waals surface area contributed by atoms with E-state index in [0.717, 1.165) is 36.6 Å². The lowest BCUT2D eigenvalue weighted by Gasteiger charge is -2.27. The number of allylic oxidation sites excluding steroid dienone is 1. The van der Waals surface area contributed by atoms with Gasteiger partial charge in [0.05, 0.1) is 31.0 Å². The molecule has 48 heavy (non-hydrogen) atoms. The zero-order valence-corrected chi connectivity index (χ0v) is 28.6. The third-order valence-electron chi connectivity index (χ3n) is 9.88. The van der Waals surface area contributed by atoms with E-state index in [1.54, 1.807) is 13.2 Å². The highest BCUT2D eigenvalue weighted by atomic mass is 32.2. The highest BCUT2D eigenvalue weighted by Crippen LogP contribution is 2.46. The molecule has 13 nitrogen and oxygen atoms in total. The predicted octanol–water partition coefficient (Wildman–Crippen LogP) is 1.91. The van der Waals surface area contributed by atoms with Crippen molar-refractivity contribution in [2.24, 2.45) is 5.92 Å². The van der Waals surface area contributed by atoms with Gasteiger partial charge in [0.15, 0.2) is 6.04 Å². The van der Waals surface area contributed by atoms with E-state index in [4.69, 9.17) is 14.2 Å². The summed E-state index contributed by atoms with van der Waals surface area (Å²) in [6.07, 6.45) is 8.76. The number of hydrogen-bond acceptors (Lipinski definition) is 9. The quantitative estimate of drug-likeness (QED) is 0.350. The summed E-state index contributed by atoms with van der Waals surface area (Å²) in [5.74, 6) is -0.348. The van der Waals surface area contributed by atoms with E-state index >= 15 is 0 Å². The Bertz CT molecular complexity index is 1730. The Morgan fingerprint density at radius 2 is 1.96 bits per heavy atom. The third kappa shape index (κ3) is 6.82. The molecule has 1 aromatic carbocycles. The first-order valence-electron chi connectivity index (χ1n) is 16.9. The lowest BCUT2D eigenvalue weighted by molar-refractivity contribution is -0.407. The molecule has 3 fully saturated rings. The summed E-state index contributed by atoms with van der Waals surface area (Å²) >= 11 is 0. The number of aromatic nitrogens is 1. The van der Waals surface area contributed by atoms with Crippen molar-refractivity contribution in [3.05, 3.63) is 35.9 Å². The number of carbonyl (C=O) groups is 3. The molecular weight excluding hydrogens is 638 g/mol. The van der Waals surface area contributed by atoms with Crippen molar-refractivity contribution < 1.29 is 42.7 Å². The topological polar surface area (TPSA) is 181 Å². The molecule has 5 atom stereocenters. The second kappa shape index (κ2) is 13.5. The number of benzene rings is 1. The number of fused-ring (bicyclic) bond motifs is 3. The van der Waals surface area contributed by atoms with Crippen molar-refractivity contribution in [2.45, 2.75) is 101 Å². The number of sulfonamides is 1. The monoisotopic (exact) mass is 684 g/mol. The Hall–Kier alpha value is -3.91. The second-order valence-corrected chi connectivity index (χ2v) is 15.3. The summed E-state index contributed by atoms with van der Waals surface area (Å²) in [6.45, 7) is 4.29. The Balaban J connectivity index is 1.30. The Morgan fingerprint density at radius 3 is 2.69 bits per heavy atom. The first-order valence-corrected chi connectivity index (χ1v) is 18.5. The van der Waals surface area contributed by atoms with Gasteiger partial charge >= 0.3 is 0 Å². The molecule has 2 aliphatic carbocycles. The van der Waals surface area contributed by atoms with Gasteiger partial charge in [0.1, 0.15) is 29.2 Å². The Labute approximate surface area is 281 Å². The van der Waals surface area contributed by atoms with Gasteiger partial charge in [-0.15, -0.1) is 0 Å². The van der Waals surface area contributed by atoms with E-state index in [9.17, 15) is 22.8 Å². The number of nitrogens with zero attached hydrogens (tertiary/aromatic N) is 2. The standard InChI is InChI=1S/C34H45N5O8S/c1-4-46-29-17-28(24-14-15-27(45-3)20(2)30(24)36-29)47-22-16-26-31(40)37-34(33(42)38-48(43,44)23-12-13-23)18-21(34)10-8-6-5-7-9-11-25(35)32(41)39(26)19-22/h8,10,14-15,17,21-23,25-26H,4-7,9,11-13,16,18-19,35H2,1-3H3,(H,37,40)(H,38,42)/p+1/b10-8-/t21-,22-,25+,26+,34-/m1/s1. The van der Waals surface area contributed by atoms with E-state index in [0.29, 0.717) is 48.8 Å². The molecule has 1 aromatic heterocycles. The largest absolute Gasteiger partial charge is 0.496 e. The maximum absolute atomic E-state index is 14.1. The molecule has 3 amide bonds. The summed E-state index contributed by atoms with van der Waals surface area (Å²) in [6, 6.07) is 3.89. The zero-order valence-electron chi connectivity index (χ0n) is 27.8. The van der Waals surface area contributed by atoms with Gasteiger partial charge in [0, 0.05) is 35.8 Å². The van der Waals surface area contributed by atoms with Gasteiger partial charge in [-0.25, -0.2) is 13.4 Å². The number of pyridine rings is 1. The van der Waals surface area contributed by atoms with Gasteiger partial charge in [-0.05, 0) is 64.5 Å². The molecule has 1 saturated heterocycles. The number of amides is 3. The van der Waals surface area contributed by atoms with Gasteiger partial charge in [-0.1, -0.05) is 18.6 Å². The number of aryl methyl sites for hydroxylation is 1. The third-order valence-corrected chi connectivity index (χ3v) is 11.7. The Kier molecular flexibility index (Phi) is 9.58. The summed E-state index contributed by atoms with van der Waals surface area (Å²) in [4.78, 5) is 47.7. The van der Waals surface area contributed by atoms with Gasteiger partial charge in [-0.3, -0.25) is 19.1 Å². The van der Waals surface area contributed by atoms with E-state index < -0.39 is 50.8 Å². The van der Waals surface area contributed by atoms with Crippen LogP contribution in [0.1, 0.15) is 70.3 Å². The first-order chi connectivity index (χ1) is 23.0. The van der Waals surface area contributed by atoms with Crippen LogP contribution >= 0.6 is 0 Å². The molecule has 2 saturated carbocycles. The van der Waals surface area contributed by atoms with Crippen molar-refractivity contribution in [2.75, 3.05) is 20.3 Å². The van der Waals surface area contributed by atoms with Crippen molar-refractivity contribution >= 4 is 38.6 Å². The molecule has 5 N–H and O–H groups in total. The number of carbonyl (C=O) groups excluding carboxylic acids is 3. The average molecular weight is 685 g/mol. The molecule has 0 bridgehead atoms. The van der Waals surface area contributed by atoms with Crippen LogP contribution in [0.2, 0.25) is 0 Å². The van der Waals surface area contributed by atoms with Crippen molar-refractivity contribution in [1.82, 2.24) is 19.9 Å². The van der Waals surface area contributed by atoms with Crippen LogP contribution in [0.4, 0.5) is 0 Å². The van der Waals surface area contributed by atoms with E-state index in [1.807, 2.05) is 38.1 Å². The van der Waals surface area contributed by atoms with E-state index in [2.05, 4.69) is 20.8 Å². The lowest BCUT2D eigenvalue weighted by Crippen LogP contribution is -2.69. The van der Waals surface area contributed by atoms with Crippen molar-refractivity contribution in [3.8, 4) is 17.4 Å². The predicted molar refractivity (Wildman–Crippen MR) is 177 cm³/mol. The molecule has 2 aromatic rings. The second-order valence-electron chi connectivity index (χ2n) is 13.4. The fraction of sp³-hybridized carbons (Fsp3) is 0.588. The molecule has 6 rings (SSSR count). The molecule has 0 spiro atoms. The van der Waals surface area contributed by atoms with E-state index in [1.165, 1.54) is 4.90 Å². The number of hydrogen-bond donors (Lipinski definition) is 3. The Morgan fingerprint density at radius 1 is 1.17 bits per heavy atom. The fourth-order valence-corrected chi connectivity index (χ4v) is 8.23. The molecule has 4 aliphatic rings.